The van der Waals surface area contributed by atoms with E-state index in [1.165, 1.54) is 15.6 Å². The minimum absolute atomic E-state index is 0.315. The van der Waals surface area contributed by atoms with Gasteiger partial charge in [0.05, 0.1) is 0 Å². The van der Waals surface area contributed by atoms with E-state index < -0.39 is 10.2 Å². The van der Waals surface area contributed by atoms with Crippen LogP contribution >= 0.6 is 27.3 Å². The van der Waals surface area contributed by atoms with Crippen LogP contribution < -0.4 is 10.0 Å². The number of nitrogens with one attached hydrogen (secondary N) is 2. The summed E-state index contributed by atoms with van der Waals surface area (Å²) in [6.07, 6.45) is 0.790. The van der Waals surface area contributed by atoms with E-state index in [0.717, 1.165) is 22.3 Å². The van der Waals surface area contributed by atoms with Crippen molar-refractivity contribution >= 4 is 37.5 Å². The fourth-order valence-corrected chi connectivity index (χ4v) is 3.97. The fourth-order valence-electron chi connectivity index (χ4n) is 1.53. The van der Waals surface area contributed by atoms with Crippen LogP contribution in [0.2, 0.25) is 0 Å². The number of hydrogen-bond donors (Lipinski definition) is 2. The van der Waals surface area contributed by atoms with E-state index >= 15 is 0 Å². The van der Waals surface area contributed by atoms with Gasteiger partial charge in [-0.05, 0) is 40.3 Å². The molecule has 0 unspecified atom stereocenters. The predicted molar refractivity (Wildman–Crippen MR) is 88.2 cm³/mol. The Bertz CT molecular complexity index is 503. The third-order valence-electron chi connectivity index (χ3n) is 2.72. The normalized spacial score (nSPS) is 12.5. The van der Waals surface area contributed by atoms with Crippen molar-refractivity contribution in [3.05, 3.63) is 20.8 Å². The monoisotopic (exact) mass is 383 g/mol. The van der Waals surface area contributed by atoms with Crippen molar-refractivity contribution in [1.82, 2.24) is 14.3 Å². The van der Waals surface area contributed by atoms with Gasteiger partial charge in [-0.3, -0.25) is 0 Å². The summed E-state index contributed by atoms with van der Waals surface area (Å²) in [5.74, 6) is 0. The van der Waals surface area contributed by atoms with Crippen LogP contribution in [0, 0.1) is 0 Å². The van der Waals surface area contributed by atoms with E-state index in [1.54, 1.807) is 7.05 Å². The molecule has 0 atom stereocenters. The Morgan fingerprint density at radius 2 is 2.15 bits per heavy atom. The van der Waals surface area contributed by atoms with Gasteiger partial charge in [-0.1, -0.05) is 13.8 Å². The summed E-state index contributed by atoms with van der Waals surface area (Å²) in [5, 5.41) is 5.19. The molecule has 0 aromatic carbocycles. The van der Waals surface area contributed by atoms with Crippen LogP contribution in [0.25, 0.3) is 0 Å². The van der Waals surface area contributed by atoms with Gasteiger partial charge in [0.25, 0.3) is 10.2 Å². The quantitative estimate of drug-likeness (QED) is 0.642. The molecule has 2 N–H and O–H groups in total. The smallest absolute Gasteiger partial charge is 0.279 e. The van der Waals surface area contributed by atoms with E-state index in [4.69, 9.17) is 0 Å². The summed E-state index contributed by atoms with van der Waals surface area (Å²) in [7, 11) is -1.81. The van der Waals surface area contributed by atoms with Gasteiger partial charge in [0.2, 0.25) is 0 Å². The first-order valence-electron chi connectivity index (χ1n) is 6.49. The summed E-state index contributed by atoms with van der Waals surface area (Å²) in [6.45, 7) is 5.77. The van der Waals surface area contributed by atoms with Crippen LogP contribution in [-0.2, 0) is 16.8 Å². The van der Waals surface area contributed by atoms with Crippen molar-refractivity contribution in [2.75, 3.05) is 20.1 Å². The van der Waals surface area contributed by atoms with E-state index in [9.17, 15) is 8.42 Å². The first-order valence-corrected chi connectivity index (χ1v) is 9.60. The van der Waals surface area contributed by atoms with Gasteiger partial charge in [-0.2, -0.15) is 17.4 Å². The van der Waals surface area contributed by atoms with Gasteiger partial charge in [0, 0.05) is 35.5 Å². The van der Waals surface area contributed by atoms with Crippen molar-refractivity contribution in [2.45, 2.75) is 32.9 Å². The van der Waals surface area contributed by atoms with Gasteiger partial charge in [-0.25, -0.2) is 0 Å². The zero-order valence-corrected chi connectivity index (χ0v) is 15.2. The number of halogens is 1. The zero-order valence-electron chi connectivity index (χ0n) is 12.0. The van der Waals surface area contributed by atoms with Gasteiger partial charge < -0.3 is 5.32 Å². The van der Waals surface area contributed by atoms with Gasteiger partial charge in [0.1, 0.15) is 0 Å². The third-order valence-corrected chi connectivity index (χ3v) is 6.16. The van der Waals surface area contributed by atoms with Gasteiger partial charge in [0.15, 0.2) is 0 Å². The van der Waals surface area contributed by atoms with Crippen molar-refractivity contribution < 1.29 is 8.42 Å². The zero-order chi connectivity index (χ0) is 15.2. The molecule has 5 nitrogen and oxygen atoms in total. The molecular formula is C12H22BrN3O2S2. The lowest BCUT2D eigenvalue weighted by molar-refractivity contribution is 0.439. The van der Waals surface area contributed by atoms with Crippen molar-refractivity contribution in [3.63, 3.8) is 0 Å². The fraction of sp³-hybridized carbons (Fsp3) is 0.667. The number of thiophene rings is 1. The van der Waals surface area contributed by atoms with E-state index in [1.807, 2.05) is 11.4 Å². The first kappa shape index (κ1) is 18.1. The molecule has 0 aliphatic heterocycles. The van der Waals surface area contributed by atoms with Crippen molar-refractivity contribution in [2.24, 2.45) is 0 Å². The van der Waals surface area contributed by atoms with Crippen LogP contribution in [0.4, 0.5) is 0 Å². The highest BCUT2D eigenvalue weighted by Crippen LogP contribution is 2.22. The molecule has 0 bridgehead atoms. The van der Waals surface area contributed by atoms with Crippen LogP contribution in [0.1, 0.15) is 25.1 Å². The van der Waals surface area contributed by atoms with Crippen molar-refractivity contribution in [3.8, 4) is 0 Å². The molecular weight excluding hydrogens is 362 g/mol. The Kier molecular flexibility index (Phi) is 7.63. The average Bonchev–Trinajstić information content (AvgIpc) is 2.77. The van der Waals surface area contributed by atoms with Gasteiger partial charge >= 0.3 is 0 Å². The molecule has 0 radical (unpaired) electrons. The topological polar surface area (TPSA) is 61.4 Å². The van der Waals surface area contributed by atoms with Crippen LogP contribution in [-0.4, -0.2) is 38.9 Å². The SMILES string of the molecule is CC(C)NCCCN(C)S(=O)(=O)NCc1sccc1Br. The van der Waals surface area contributed by atoms with Crippen LogP contribution in [0.15, 0.2) is 15.9 Å². The highest BCUT2D eigenvalue weighted by Gasteiger charge is 2.17. The number of nitrogens with zero attached hydrogens (tertiary/aromatic N) is 1. The molecule has 1 heterocycles. The lowest BCUT2D eigenvalue weighted by Gasteiger charge is -2.18. The maximum atomic E-state index is 12.0. The molecule has 0 saturated carbocycles. The average molecular weight is 384 g/mol. The summed E-state index contributed by atoms with van der Waals surface area (Å²) in [4.78, 5) is 0.975. The molecule has 0 spiro atoms. The highest BCUT2D eigenvalue weighted by molar-refractivity contribution is 9.10. The standard InChI is InChI=1S/C12H22BrN3O2S2/c1-10(2)14-6-4-7-16(3)20(17,18)15-9-12-11(13)5-8-19-12/h5,8,10,14-15H,4,6-7,9H2,1-3H3. The minimum atomic E-state index is -3.41. The highest BCUT2D eigenvalue weighted by atomic mass is 79.9. The Morgan fingerprint density at radius 3 is 2.70 bits per heavy atom. The lowest BCUT2D eigenvalue weighted by Crippen LogP contribution is -2.39. The maximum absolute atomic E-state index is 12.0. The first-order chi connectivity index (χ1) is 9.33. The van der Waals surface area contributed by atoms with E-state index in [0.29, 0.717) is 19.1 Å². The number of hydrogen-bond acceptors (Lipinski definition) is 4. The predicted octanol–water partition coefficient (Wildman–Crippen LogP) is 2.16. The molecule has 0 fully saturated rings. The Morgan fingerprint density at radius 1 is 1.45 bits per heavy atom. The van der Waals surface area contributed by atoms with Crippen molar-refractivity contribution in [1.29, 1.82) is 0 Å². The summed E-state index contributed by atoms with van der Waals surface area (Å²) in [5.41, 5.74) is 0. The Labute approximate surface area is 134 Å². The second-order valence-electron chi connectivity index (χ2n) is 4.80. The molecule has 0 saturated heterocycles. The lowest BCUT2D eigenvalue weighted by atomic mass is 10.3. The maximum Gasteiger partial charge on any atom is 0.279 e. The molecule has 8 heteroatoms. The van der Waals surface area contributed by atoms with Gasteiger partial charge in [-0.15, -0.1) is 11.3 Å². The summed E-state index contributed by atoms with van der Waals surface area (Å²) >= 11 is 4.91. The Hall–Kier alpha value is 0.01000. The molecule has 20 heavy (non-hydrogen) atoms. The Balaban J connectivity index is 2.37. The van der Waals surface area contributed by atoms with Crippen LogP contribution in [0.5, 0.6) is 0 Å². The number of rotatable bonds is 9. The van der Waals surface area contributed by atoms with Crippen LogP contribution in [0.3, 0.4) is 0 Å². The molecule has 0 aliphatic carbocycles. The molecule has 1 aromatic heterocycles. The second kappa shape index (κ2) is 8.45. The molecule has 116 valence electrons. The largest absolute Gasteiger partial charge is 0.314 e. The molecule has 0 aliphatic rings. The minimum Gasteiger partial charge on any atom is -0.314 e. The molecule has 1 rings (SSSR count). The molecule has 0 amide bonds. The second-order valence-corrected chi connectivity index (χ2v) is 8.52. The summed E-state index contributed by atoms with van der Waals surface area (Å²) in [6, 6.07) is 2.33. The molecule has 1 aromatic rings. The van der Waals surface area contributed by atoms with E-state index in [2.05, 4.69) is 39.8 Å². The third kappa shape index (κ3) is 6.19. The van der Waals surface area contributed by atoms with E-state index in [-0.39, 0.29) is 0 Å². The summed E-state index contributed by atoms with van der Waals surface area (Å²) < 4.78 is 29.0.